The van der Waals surface area contributed by atoms with Gasteiger partial charge < -0.3 is 14.8 Å². The standard InChI is InChI=1S/C11H12N2O3/c1-2-15-9-4-3-5-10(8-9)16-11(14)13-7-6-12/h3-5,8H,2,7H2,1H3,(H,13,14). The van der Waals surface area contributed by atoms with Gasteiger partial charge in [0, 0.05) is 6.07 Å². The van der Waals surface area contributed by atoms with Crippen molar-refractivity contribution in [1.29, 1.82) is 5.26 Å². The molecule has 0 fully saturated rings. The maximum atomic E-state index is 11.1. The molecule has 84 valence electrons. The first-order valence-corrected chi connectivity index (χ1v) is 4.81. The molecule has 0 atom stereocenters. The van der Waals surface area contributed by atoms with Gasteiger partial charge in [-0.25, -0.2) is 4.79 Å². The van der Waals surface area contributed by atoms with Crippen LogP contribution in [-0.4, -0.2) is 19.2 Å². The van der Waals surface area contributed by atoms with E-state index in [1.807, 2.05) is 6.92 Å². The Hall–Kier alpha value is -2.22. The molecular formula is C11H12N2O3. The van der Waals surface area contributed by atoms with E-state index in [1.54, 1.807) is 30.3 Å². The summed E-state index contributed by atoms with van der Waals surface area (Å²) in [6, 6.07) is 8.51. The predicted molar refractivity (Wildman–Crippen MR) is 57.3 cm³/mol. The third kappa shape index (κ3) is 3.88. The van der Waals surface area contributed by atoms with Crippen molar-refractivity contribution in [1.82, 2.24) is 5.32 Å². The van der Waals surface area contributed by atoms with Crippen molar-refractivity contribution >= 4 is 6.09 Å². The van der Waals surface area contributed by atoms with Crippen LogP contribution in [0.4, 0.5) is 4.79 Å². The lowest BCUT2D eigenvalue weighted by molar-refractivity contribution is 0.201. The molecule has 0 unspecified atom stereocenters. The van der Waals surface area contributed by atoms with Crippen LogP contribution in [-0.2, 0) is 0 Å². The van der Waals surface area contributed by atoms with Gasteiger partial charge in [-0.2, -0.15) is 5.26 Å². The van der Waals surface area contributed by atoms with E-state index in [2.05, 4.69) is 5.32 Å². The van der Waals surface area contributed by atoms with Gasteiger partial charge in [-0.1, -0.05) is 6.07 Å². The van der Waals surface area contributed by atoms with Crippen LogP contribution in [0.3, 0.4) is 0 Å². The molecule has 1 rings (SSSR count). The molecule has 1 amide bonds. The zero-order valence-electron chi connectivity index (χ0n) is 8.90. The average molecular weight is 220 g/mol. The fourth-order valence-electron chi connectivity index (χ4n) is 1.05. The van der Waals surface area contributed by atoms with E-state index in [9.17, 15) is 4.79 Å². The van der Waals surface area contributed by atoms with Crippen LogP contribution < -0.4 is 14.8 Å². The van der Waals surface area contributed by atoms with Gasteiger partial charge in [0.15, 0.2) is 0 Å². The van der Waals surface area contributed by atoms with E-state index in [4.69, 9.17) is 14.7 Å². The lowest BCUT2D eigenvalue weighted by Crippen LogP contribution is -2.26. The molecule has 5 nitrogen and oxygen atoms in total. The van der Waals surface area contributed by atoms with Gasteiger partial charge in [-0.05, 0) is 19.1 Å². The zero-order chi connectivity index (χ0) is 11.8. The Morgan fingerprint density at radius 3 is 2.94 bits per heavy atom. The van der Waals surface area contributed by atoms with Gasteiger partial charge in [0.05, 0.1) is 12.7 Å². The fourth-order valence-corrected chi connectivity index (χ4v) is 1.05. The second-order valence-corrected chi connectivity index (χ2v) is 2.81. The molecule has 0 saturated heterocycles. The minimum atomic E-state index is -0.657. The third-order valence-corrected chi connectivity index (χ3v) is 1.64. The summed E-state index contributed by atoms with van der Waals surface area (Å²) < 4.78 is 10.2. The first-order chi connectivity index (χ1) is 7.76. The molecule has 1 aromatic rings. The molecule has 0 aliphatic heterocycles. The highest BCUT2D eigenvalue weighted by atomic mass is 16.6. The number of carbonyl (C=O) groups excluding carboxylic acids is 1. The normalized spacial score (nSPS) is 9.00. The third-order valence-electron chi connectivity index (χ3n) is 1.64. The number of ether oxygens (including phenoxy) is 2. The maximum absolute atomic E-state index is 11.1. The second-order valence-electron chi connectivity index (χ2n) is 2.81. The van der Waals surface area contributed by atoms with Crippen molar-refractivity contribution < 1.29 is 14.3 Å². The van der Waals surface area contributed by atoms with Crippen LogP contribution in [0.25, 0.3) is 0 Å². The number of hydrogen-bond donors (Lipinski definition) is 1. The summed E-state index contributed by atoms with van der Waals surface area (Å²) in [5.41, 5.74) is 0. The number of nitriles is 1. The number of hydrogen-bond acceptors (Lipinski definition) is 4. The second kappa shape index (κ2) is 6.30. The monoisotopic (exact) mass is 220 g/mol. The van der Waals surface area contributed by atoms with Gasteiger partial charge in [0.1, 0.15) is 18.0 Å². The number of carbonyl (C=O) groups is 1. The summed E-state index contributed by atoms with van der Waals surface area (Å²) in [6.45, 7) is 2.33. The topological polar surface area (TPSA) is 71.3 Å². The van der Waals surface area contributed by atoms with Crippen molar-refractivity contribution in [2.24, 2.45) is 0 Å². The van der Waals surface area contributed by atoms with E-state index in [0.29, 0.717) is 18.1 Å². The number of nitrogens with one attached hydrogen (secondary N) is 1. The lowest BCUT2D eigenvalue weighted by Gasteiger charge is -2.06. The molecule has 0 aromatic heterocycles. The van der Waals surface area contributed by atoms with Crippen molar-refractivity contribution in [3.8, 4) is 17.6 Å². The van der Waals surface area contributed by atoms with Crippen LogP contribution >= 0.6 is 0 Å². The number of rotatable bonds is 4. The fraction of sp³-hybridized carbons (Fsp3) is 0.273. The van der Waals surface area contributed by atoms with Gasteiger partial charge in [0.25, 0.3) is 0 Å². The molecule has 1 aromatic carbocycles. The van der Waals surface area contributed by atoms with Crippen LogP contribution in [0.5, 0.6) is 11.5 Å². The minimum Gasteiger partial charge on any atom is -0.494 e. The minimum absolute atomic E-state index is 0.0794. The first-order valence-electron chi connectivity index (χ1n) is 4.81. The summed E-state index contributed by atoms with van der Waals surface area (Å²) in [5, 5.41) is 10.5. The van der Waals surface area contributed by atoms with Crippen LogP contribution in [0.15, 0.2) is 24.3 Å². The van der Waals surface area contributed by atoms with Crippen molar-refractivity contribution in [3.05, 3.63) is 24.3 Å². The van der Waals surface area contributed by atoms with E-state index in [-0.39, 0.29) is 6.54 Å². The largest absolute Gasteiger partial charge is 0.494 e. The number of amides is 1. The van der Waals surface area contributed by atoms with E-state index < -0.39 is 6.09 Å². The summed E-state index contributed by atoms with van der Waals surface area (Å²) >= 11 is 0. The molecule has 0 radical (unpaired) electrons. The number of nitrogens with zero attached hydrogens (tertiary/aromatic N) is 1. The van der Waals surface area contributed by atoms with Crippen LogP contribution in [0.2, 0.25) is 0 Å². The Bertz CT molecular complexity index is 398. The van der Waals surface area contributed by atoms with Gasteiger partial charge in [-0.15, -0.1) is 0 Å². The Morgan fingerprint density at radius 1 is 1.50 bits per heavy atom. The van der Waals surface area contributed by atoms with Crippen molar-refractivity contribution in [2.45, 2.75) is 6.92 Å². The average Bonchev–Trinajstić information content (AvgIpc) is 2.27. The predicted octanol–water partition coefficient (Wildman–Crippen LogP) is 1.70. The molecular weight excluding hydrogens is 208 g/mol. The highest BCUT2D eigenvalue weighted by Gasteiger charge is 2.03. The lowest BCUT2D eigenvalue weighted by atomic mass is 10.3. The van der Waals surface area contributed by atoms with Crippen molar-refractivity contribution in [3.63, 3.8) is 0 Å². The molecule has 0 heterocycles. The van der Waals surface area contributed by atoms with Gasteiger partial charge in [-0.3, -0.25) is 0 Å². The van der Waals surface area contributed by atoms with E-state index in [1.165, 1.54) is 0 Å². The van der Waals surface area contributed by atoms with Crippen LogP contribution in [0.1, 0.15) is 6.92 Å². The van der Waals surface area contributed by atoms with Gasteiger partial charge in [0.2, 0.25) is 0 Å². The zero-order valence-corrected chi connectivity index (χ0v) is 8.90. The Balaban J connectivity index is 2.56. The quantitative estimate of drug-likeness (QED) is 0.784. The molecule has 5 heteroatoms. The Kier molecular flexibility index (Phi) is 4.67. The van der Waals surface area contributed by atoms with E-state index in [0.717, 1.165) is 0 Å². The molecule has 0 aliphatic carbocycles. The smallest absolute Gasteiger partial charge is 0.413 e. The van der Waals surface area contributed by atoms with Gasteiger partial charge >= 0.3 is 6.09 Å². The summed E-state index contributed by atoms with van der Waals surface area (Å²) in [4.78, 5) is 11.1. The molecule has 16 heavy (non-hydrogen) atoms. The molecule has 0 saturated carbocycles. The highest BCUT2D eigenvalue weighted by Crippen LogP contribution is 2.19. The summed E-state index contributed by atoms with van der Waals surface area (Å²) in [6.07, 6.45) is -0.657. The molecule has 1 N–H and O–H groups in total. The molecule has 0 bridgehead atoms. The first kappa shape index (κ1) is 11.9. The Labute approximate surface area is 93.6 Å². The molecule has 0 aliphatic rings. The molecule has 0 spiro atoms. The van der Waals surface area contributed by atoms with Crippen LogP contribution in [0, 0.1) is 11.3 Å². The maximum Gasteiger partial charge on any atom is 0.413 e. The van der Waals surface area contributed by atoms with E-state index >= 15 is 0 Å². The Morgan fingerprint density at radius 2 is 2.25 bits per heavy atom. The SMILES string of the molecule is CCOc1cccc(OC(=O)NCC#N)c1. The van der Waals surface area contributed by atoms with Crippen molar-refractivity contribution in [2.75, 3.05) is 13.2 Å². The number of benzene rings is 1. The summed E-state index contributed by atoms with van der Waals surface area (Å²) in [7, 11) is 0. The highest BCUT2D eigenvalue weighted by molar-refractivity contribution is 5.70. The summed E-state index contributed by atoms with van der Waals surface area (Å²) in [5.74, 6) is 1.01.